The van der Waals surface area contributed by atoms with Crippen molar-refractivity contribution in [1.29, 1.82) is 0 Å². The van der Waals surface area contributed by atoms with E-state index >= 15 is 0 Å². The Hall–Kier alpha value is -2.78. The molecule has 4 rings (SSSR count). The molecule has 1 saturated heterocycles. The van der Waals surface area contributed by atoms with Gasteiger partial charge in [-0.2, -0.15) is 0 Å². The van der Waals surface area contributed by atoms with Crippen LogP contribution in [-0.2, 0) is 20.8 Å². The lowest BCUT2D eigenvalue weighted by Gasteiger charge is -2.49. The third kappa shape index (κ3) is 4.08. The molecule has 2 atom stereocenters. The normalized spacial score (nSPS) is 20.4. The Morgan fingerprint density at radius 3 is 2.53 bits per heavy atom. The van der Waals surface area contributed by atoms with Crippen molar-refractivity contribution in [3.05, 3.63) is 76.6 Å². The monoisotopic (exact) mass is 444 g/mol. The number of carbonyl (C=O) groups excluding carboxylic acids is 2. The highest BCUT2D eigenvalue weighted by molar-refractivity contribution is 8.06. The third-order valence-corrected chi connectivity index (χ3v) is 7.27. The molecule has 2 aromatic carbocycles. The lowest BCUT2D eigenvalue weighted by molar-refractivity contribution is -0.150. The number of carboxylic acids is 1. The van der Waals surface area contributed by atoms with Gasteiger partial charge in [0, 0.05) is 15.6 Å². The maximum absolute atomic E-state index is 13.1. The van der Waals surface area contributed by atoms with Crippen molar-refractivity contribution in [2.24, 2.45) is 0 Å². The van der Waals surface area contributed by atoms with E-state index in [-0.39, 0.29) is 23.8 Å². The van der Waals surface area contributed by atoms with Gasteiger partial charge in [0.25, 0.3) is 5.91 Å². The van der Waals surface area contributed by atoms with Gasteiger partial charge in [-0.25, -0.2) is 9.18 Å². The van der Waals surface area contributed by atoms with Gasteiger partial charge in [0.15, 0.2) is 0 Å². The van der Waals surface area contributed by atoms with Crippen LogP contribution in [0, 0.1) is 5.82 Å². The second kappa shape index (κ2) is 8.53. The Labute approximate surface area is 180 Å². The summed E-state index contributed by atoms with van der Waals surface area (Å²) in [6, 6.07) is 14.2. The smallest absolute Gasteiger partial charge is 0.353 e. The van der Waals surface area contributed by atoms with Gasteiger partial charge in [-0.3, -0.25) is 14.5 Å². The molecular weight excluding hydrogens is 427 g/mol. The number of carboxylic acid groups (broad SMARTS) is 1. The minimum absolute atomic E-state index is 0.0772. The third-order valence-electron chi connectivity index (χ3n) is 4.71. The summed E-state index contributed by atoms with van der Waals surface area (Å²) < 4.78 is 13.1. The fourth-order valence-corrected chi connectivity index (χ4v) is 5.79. The fraction of sp³-hybridized carbons (Fsp3) is 0.190. The fourth-order valence-electron chi connectivity index (χ4n) is 3.32. The van der Waals surface area contributed by atoms with Crippen LogP contribution in [0.25, 0.3) is 0 Å². The van der Waals surface area contributed by atoms with Gasteiger partial charge in [-0.15, -0.1) is 11.8 Å². The van der Waals surface area contributed by atoms with E-state index in [9.17, 15) is 23.9 Å². The summed E-state index contributed by atoms with van der Waals surface area (Å²) in [7, 11) is 0. The molecule has 154 valence electrons. The van der Waals surface area contributed by atoms with Crippen molar-refractivity contribution in [3.63, 3.8) is 0 Å². The zero-order valence-electron chi connectivity index (χ0n) is 15.6. The molecule has 2 N–H and O–H groups in total. The first kappa shape index (κ1) is 20.5. The number of aliphatic carboxylic acids is 1. The predicted octanol–water partition coefficient (Wildman–Crippen LogP) is 2.86. The number of halogens is 1. The van der Waals surface area contributed by atoms with Crippen molar-refractivity contribution in [3.8, 4) is 0 Å². The molecule has 0 radical (unpaired) electrons. The number of amides is 2. The lowest BCUT2D eigenvalue weighted by atomic mass is 10.0. The van der Waals surface area contributed by atoms with Crippen molar-refractivity contribution in [2.75, 3.05) is 5.75 Å². The van der Waals surface area contributed by atoms with Crippen LogP contribution in [0.5, 0.6) is 0 Å². The Balaban J connectivity index is 1.48. The maximum atomic E-state index is 13.1. The number of fused-ring (bicyclic) bond motifs is 1. The van der Waals surface area contributed by atoms with Crippen LogP contribution < -0.4 is 5.32 Å². The van der Waals surface area contributed by atoms with E-state index in [1.165, 1.54) is 40.6 Å². The molecule has 2 amide bonds. The first-order valence-corrected chi connectivity index (χ1v) is 11.0. The minimum atomic E-state index is -1.20. The lowest BCUT2D eigenvalue weighted by Crippen LogP contribution is -2.70. The number of nitrogens with zero attached hydrogens (tertiary/aromatic N) is 1. The van der Waals surface area contributed by atoms with E-state index in [2.05, 4.69) is 5.32 Å². The average Bonchev–Trinajstić information content (AvgIpc) is 2.74. The van der Waals surface area contributed by atoms with E-state index in [1.54, 1.807) is 12.1 Å². The van der Waals surface area contributed by atoms with E-state index in [1.807, 2.05) is 30.3 Å². The summed E-state index contributed by atoms with van der Waals surface area (Å²) >= 11 is 2.60. The molecule has 0 spiro atoms. The number of thioether (sulfide) groups is 2. The molecule has 30 heavy (non-hydrogen) atoms. The first-order valence-electron chi connectivity index (χ1n) is 9.12. The van der Waals surface area contributed by atoms with Crippen LogP contribution in [-0.4, -0.2) is 45.0 Å². The van der Waals surface area contributed by atoms with Crippen LogP contribution in [0.4, 0.5) is 4.39 Å². The van der Waals surface area contributed by atoms with E-state index in [0.29, 0.717) is 15.6 Å². The summed E-state index contributed by atoms with van der Waals surface area (Å²) in [6.45, 7) is 0. The molecule has 2 aliphatic rings. The molecule has 2 aliphatic heterocycles. The van der Waals surface area contributed by atoms with Crippen LogP contribution in [0.15, 0.2) is 70.1 Å². The van der Waals surface area contributed by atoms with Gasteiger partial charge in [0.2, 0.25) is 5.91 Å². The van der Waals surface area contributed by atoms with Crippen molar-refractivity contribution < 1.29 is 23.9 Å². The molecule has 9 heteroatoms. The number of β-lactam (4-membered cyclic amide) rings is 1. The molecule has 1 fully saturated rings. The number of hydrogen-bond donors (Lipinski definition) is 2. The molecule has 2 heterocycles. The first-order chi connectivity index (χ1) is 14.4. The number of rotatable bonds is 6. The number of nitrogens with one attached hydrogen (secondary N) is 1. The van der Waals surface area contributed by atoms with Crippen molar-refractivity contribution in [2.45, 2.75) is 22.7 Å². The summed E-state index contributed by atoms with van der Waals surface area (Å²) in [6.07, 6.45) is 0.148. The Bertz CT molecular complexity index is 1030. The van der Waals surface area contributed by atoms with Gasteiger partial charge in [0.05, 0.1) is 6.42 Å². The van der Waals surface area contributed by atoms with Gasteiger partial charge < -0.3 is 10.4 Å². The molecule has 0 saturated carbocycles. The highest BCUT2D eigenvalue weighted by Crippen LogP contribution is 2.45. The number of hydrogen-bond acceptors (Lipinski definition) is 5. The molecule has 0 bridgehead atoms. The van der Waals surface area contributed by atoms with Crippen LogP contribution in [0.3, 0.4) is 0 Å². The average molecular weight is 445 g/mol. The molecule has 2 aromatic rings. The highest BCUT2D eigenvalue weighted by Gasteiger charge is 2.54. The van der Waals surface area contributed by atoms with Crippen LogP contribution >= 0.6 is 23.5 Å². The Morgan fingerprint density at radius 2 is 1.87 bits per heavy atom. The summed E-state index contributed by atoms with van der Waals surface area (Å²) in [4.78, 5) is 39.3. The highest BCUT2D eigenvalue weighted by atomic mass is 32.2. The Morgan fingerprint density at radius 1 is 1.17 bits per heavy atom. The number of benzene rings is 2. The van der Waals surface area contributed by atoms with E-state index < -0.39 is 23.3 Å². The van der Waals surface area contributed by atoms with Crippen LogP contribution in [0.2, 0.25) is 0 Å². The predicted molar refractivity (Wildman–Crippen MR) is 112 cm³/mol. The van der Waals surface area contributed by atoms with Gasteiger partial charge in [-0.1, -0.05) is 42.1 Å². The topological polar surface area (TPSA) is 86.7 Å². The van der Waals surface area contributed by atoms with Crippen molar-refractivity contribution in [1.82, 2.24) is 10.2 Å². The van der Waals surface area contributed by atoms with Crippen LogP contribution in [0.1, 0.15) is 5.56 Å². The minimum Gasteiger partial charge on any atom is -0.477 e. The second-order valence-corrected chi connectivity index (χ2v) is 9.02. The summed E-state index contributed by atoms with van der Waals surface area (Å²) in [5.74, 6) is -1.93. The zero-order chi connectivity index (χ0) is 21.3. The van der Waals surface area contributed by atoms with E-state index in [4.69, 9.17) is 0 Å². The van der Waals surface area contributed by atoms with Gasteiger partial charge >= 0.3 is 5.97 Å². The standard InChI is InChI=1S/C21H17FN2O4S2/c22-13-6-8-14(9-7-13)30-15-11-29-20-17(19(26)24(20)18(15)21(27)28)23-16(25)10-12-4-2-1-3-5-12/h1-9,17,20H,10-11H2,(H,23,25)(H,27,28)/t17-,20+/m1/s1. The largest absolute Gasteiger partial charge is 0.477 e. The number of carbonyl (C=O) groups is 3. The quantitative estimate of drug-likeness (QED) is 0.667. The van der Waals surface area contributed by atoms with Crippen molar-refractivity contribution >= 4 is 41.3 Å². The van der Waals surface area contributed by atoms with Gasteiger partial charge in [0.1, 0.15) is 22.9 Å². The molecule has 0 aromatic heterocycles. The van der Waals surface area contributed by atoms with Gasteiger partial charge in [-0.05, 0) is 29.8 Å². The summed E-state index contributed by atoms with van der Waals surface area (Å²) in [5, 5.41) is 12.0. The maximum Gasteiger partial charge on any atom is 0.353 e. The zero-order valence-corrected chi connectivity index (χ0v) is 17.2. The molecule has 0 unspecified atom stereocenters. The Kier molecular flexibility index (Phi) is 5.83. The molecular formula is C21H17FN2O4S2. The molecule has 0 aliphatic carbocycles. The molecule has 6 nitrogen and oxygen atoms in total. The van der Waals surface area contributed by atoms with E-state index in [0.717, 1.165) is 5.56 Å². The summed E-state index contributed by atoms with van der Waals surface area (Å²) in [5.41, 5.74) is 0.755. The SMILES string of the molecule is O=C(Cc1ccccc1)N[C@@H]1C(=O)N2C(C(=O)O)=C(Sc3ccc(F)cc3)CS[C@@H]12. The second-order valence-electron chi connectivity index (χ2n) is 6.75.